The lowest BCUT2D eigenvalue weighted by molar-refractivity contribution is -0.130. The molecule has 0 spiro atoms. The molecule has 3 aromatic rings. The van der Waals surface area contributed by atoms with Crippen molar-refractivity contribution in [3.8, 4) is 10.8 Å². The topological polar surface area (TPSA) is 201 Å². The van der Waals surface area contributed by atoms with Crippen molar-refractivity contribution < 1.29 is 63.2 Å². The van der Waals surface area contributed by atoms with E-state index in [1.54, 1.807) is 30.1 Å². The maximum absolute atomic E-state index is 13.9. The molecule has 1 unspecified atom stereocenters. The van der Waals surface area contributed by atoms with Gasteiger partial charge < -0.3 is 68.3 Å². The summed E-state index contributed by atoms with van der Waals surface area (Å²) in [6.07, 6.45) is 2.12. The second-order valence-corrected chi connectivity index (χ2v) is 17.4. The van der Waals surface area contributed by atoms with Crippen molar-refractivity contribution in [1.82, 2.24) is 10.2 Å². The summed E-state index contributed by atoms with van der Waals surface area (Å²) in [6.45, 7) is 4.69. The highest BCUT2D eigenvalue weighted by molar-refractivity contribution is 7.12. The predicted molar refractivity (Wildman–Crippen MR) is 248 cm³/mol. The first-order chi connectivity index (χ1) is 31.6. The fraction of sp³-hybridized carbons (Fsp3) is 0.600. The van der Waals surface area contributed by atoms with Gasteiger partial charge in [-0.25, -0.2) is 0 Å². The van der Waals surface area contributed by atoms with Crippen molar-refractivity contribution in [2.75, 3.05) is 136 Å². The number of aryl methyl sites for hydroxylation is 1. The van der Waals surface area contributed by atoms with Crippen LogP contribution in [0.25, 0.3) is 0 Å². The first-order valence-electron chi connectivity index (χ1n) is 22.0. The summed E-state index contributed by atoms with van der Waals surface area (Å²) in [5.74, 6) is 0.137. The van der Waals surface area contributed by atoms with Gasteiger partial charge in [0, 0.05) is 56.7 Å². The average molecular weight is 972 g/mol. The average Bonchev–Trinajstić information content (AvgIpc) is 4.06. The van der Waals surface area contributed by atoms with Gasteiger partial charge in [0.1, 0.15) is 12.0 Å². The Labute approximate surface area is 394 Å². The molecule has 1 fully saturated rings. The summed E-state index contributed by atoms with van der Waals surface area (Å²) in [7, 11) is 1.73. The van der Waals surface area contributed by atoms with Crippen molar-refractivity contribution >= 4 is 57.7 Å². The largest absolute Gasteiger partial charge is 0.444 e. The van der Waals surface area contributed by atoms with E-state index in [0.717, 1.165) is 17.9 Å². The van der Waals surface area contributed by atoms with Crippen molar-refractivity contribution in [3.63, 3.8) is 0 Å². The minimum Gasteiger partial charge on any atom is -0.444 e. The number of benzene rings is 2. The molecule has 1 aromatic heterocycles. The number of aliphatic hydroxyl groups is 4. The van der Waals surface area contributed by atoms with Gasteiger partial charge in [0.15, 0.2) is 5.06 Å². The number of hydrogen-bond acceptors (Lipinski definition) is 16. The zero-order valence-electron chi connectivity index (χ0n) is 37.0. The molecule has 1 saturated carbocycles. The molecule has 1 aliphatic heterocycles. The fourth-order valence-electron chi connectivity index (χ4n) is 6.85. The molecule has 65 heavy (non-hydrogen) atoms. The predicted octanol–water partition coefficient (Wildman–Crippen LogP) is 3.98. The van der Waals surface area contributed by atoms with Crippen LogP contribution in [0.4, 0.5) is 11.4 Å². The van der Waals surface area contributed by atoms with E-state index in [-0.39, 0.29) is 31.3 Å². The number of thiophene rings is 1. The molecule has 5 N–H and O–H groups in total. The lowest BCUT2D eigenvalue weighted by atomic mass is 10.0. The molecule has 17 nitrogen and oxygen atoms in total. The summed E-state index contributed by atoms with van der Waals surface area (Å²) in [5.41, 5.74) is 1.80. The number of anilines is 2. The van der Waals surface area contributed by atoms with Crippen LogP contribution < -0.4 is 19.9 Å². The van der Waals surface area contributed by atoms with E-state index in [4.69, 9.17) is 56.4 Å². The van der Waals surface area contributed by atoms with Crippen LogP contribution in [0.1, 0.15) is 41.6 Å². The fourth-order valence-corrected chi connectivity index (χ4v) is 8.07. The van der Waals surface area contributed by atoms with Gasteiger partial charge in [0.2, 0.25) is 5.91 Å². The number of aliphatic hydroxyl groups excluding tert-OH is 4. The third-order valence-corrected chi connectivity index (χ3v) is 12.3. The summed E-state index contributed by atoms with van der Waals surface area (Å²) < 4.78 is 39.2. The maximum atomic E-state index is 13.9. The molecule has 362 valence electrons. The lowest BCUT2D eigenvalue weighted by Gasteiger charge is -2.38. The molecule has 2 aromatic carbocycles. The van der Waals surface area contributed by atoms with Crippen molar-refractivity contribution in [2.24, 2.45) is 0 Å². The molecule has 0 bridgehead atoms. The highest BCUT2D eigenvalue weighted by atomic mass is 35.5. The lowest BCUT2D eigenvalue weighted by Crippen LogP contribution is -2.58. The van der Waals surface area contributed by atoms with Gasteiger partial charge in [-0.05, 0) is 54.5 Å². The summed E-state index contributed by atoms with van der Waals surface area (Å²) in [6, 6.07) is 13.7. The monoisotopic (exact) mass is 970 g/mol. The van der Waals surface area contributed by atoms with E-state index in [0.29, 0.717) is 130 Å². The molecule has 1 atom stereocenters. The molecular weight excluding hydrogens is 907 g/mol. The number of carbonyl (C=O) groups excluding carboxylic acids is 2. The minimum absolute atomic E-state index is 0.0618. The Morgan fingerprint density at radius 2 is 1.37 bits per heavy atom. The highest BCUT2D eigenvalue weighted by Crippen LogP contribution is 2.43. The van der Waals surface area contributed by atoms with Gasteiger partial charge in [0.25, 0.3) is 5.91 Å². The van der Waals surface area contributed by atoms with E-state index in [9.17, 15) is 30.0 Å². The first-order valence-corrected chi connectivity index (χ1v) is 23.6. The van der Waals surface area contributed by atoms with Crippen LogP contribution in [0, 0.1) is 0 Å². The van der Waals surface area contributed by atoms with Crippen LogP contribution in [-0.2, 0) is 39.6 Å². The van der Waals surface area contributed by atoms with E-state index >= 15 is 0 Å². The van der Waals surface area contributed by atoms with Crippen molar-refractivity contribution in [1.29, 1.82) is 0 Å². The summed E-state index contributed by atoms with van der Waals surface area (Å²) in [5, 5.41) is 43.4. The molecule has 2 aliphatic rings. The molecule has 1 aliphatic carbocycles. The molecule has 0 radical (unpaired) electrons. The molecule has 2 heterocycles. The van der Waals surface area contributed by atoms with Gasteiger partial charge in [0.05, 0.1) is 127 Å². The Morgan fingerprint density at radius 1 is 0.800 bits per heavy atom. The Hall–Kier alpha value is -3.18. The molecule has 2 amide bonds. The van der Waals surface area contributed by atoms with E-state index in [1.165, 1.54) is 24.2 Å². The Bertz CT molecular complexity index is 1880. The summed E-state index contributed by atoms with van der Waals surface area (Å²) in [4.78, 5) is 32.6. The third-order valence-electron chi connectivity index (χ3n) is 10.8. The van der Waals surface area contributed by atoms with Crippen LogP contribution in [-0.4, -0.2) is 181 Å². The Balaban J connectivity index is 0.855. The second-order valence-electron chi connectivity index (χ2n) is 15.7. The number of ether oxygens (including phenoxy) is 7. The molecular formula is C45H64Cl2N4O13S. The van der Waals surface area contributed by atoms with Crippen molar-refractivity contribution in [2.45, 2.75) is 49.9 Å². The quantitative estimate of drug-likeness (QED) is 0.0433. The number of fused-ring (bicyclic) bond motifs is 1. The van der Waals surface area contributed by atoms with Gasteiger partial charge >= 0.3 is 0 Å². The number of halogens is 2. The minimum atomic E-state index is -1.35. The van der Waals surface area contributed by atoms with Crippen LogP contribution in [0.2, 0.25) is 10.0 Å². The summed E-state index contributed by atoms with van der Waals surface area (Å²) >= 11 is 14.7. The number of rotatable bonds is 33. The number of nitrogens with zero attached hydrogens (tertiary/aromatic N) is 3. The van der Waals surface area contributed by atoms with Gasteiger partial charge in [-0.1, -0.05) is 35.3 Å². The zero-order chi connectivity index (χ0) is 46.4. The van der Waals surface area contributed by atoms with E-state index < -0.39 is 31.6 Å². The number of amides is 2. The number of carbonyl (C=O) groups is 2. The third kappa shape index (κ3) is 16.8. The van der Waals surface area contributed by atoms with Gasteiger partial charge in [-0.2, -0.15) is 0 Å². The number of para-hydroxylation sites is 2. The molecule has 0 saturated heterocycles. The van der Waals surface area contributed by atoms with Crippen LogP contribution in [0.5, 0.6) is 10.8 Å². The van der Waals surface area contributed by atoms with Crippen LogP contribution in [0.3, 0.4) is 0 Å². The van der Waals surface area contributed by atoms with E-state index in [2.05, 4.69) is 16.3 Å². The highest BCUT2D eigenvalue weighted by Gasteiger charge is 2.36. The van der Waals surface area contributed by atoms with Crippen LogP contribution >= 0.6 is 34.5 Å². The van der Waals surface area contributed by atoms with Gasteiger partial charge in [-0.3, -0.25) is 14.9 Å². The smallest absolute Gasteiger partial charge is 0.263 e. The Morgan fingerprint density at radius 3 is 1.95 bits per heavy atom. The zero-order valence-corrected chi connectivity index (χ0v) is 39.3. The normalized spacial score (nSPS) is 14.4. The van der Waals surface area contributed by atoms with Crippen LogP contribution in [0.15, 0.2) is 47.8 Å². The Kier molecular flexibility index (Phi) is 22.9. The number of hydrogen-bond donors (Lipinski definition) is 5. The molecule has 20 heteroatoms. The van der Waals surface area contributed by atoms with Crippen molar-refractivity contribution in [3.05, 3.63) is 69.0 Å². The second kappa shape index (κ2) is 28.2. The maximum Gasteiger partial charge on any atom is 0.263 e. The van der Waals surface area contributed by atoms with E-state index in [1.807, 2.05) is 28.5 Å². The first kappa shape index (κ1) is 52.8. The SMILES string of the molecule is CN(CCOCCOCCOCCOCCOCCOCCC(O)NC(CO)(CO)CO)C(=O)CCc1cc(Cl)c(Oc2sccc2C(=O)N2CCN(C3CC3)c3ccccc32)cc1Cl. The standard InChI is InChI=1S/C45H64Cl2N4O13S/c1-49(14-16-59-18-20-61-22-24-63-26-25-62-23-21-60-19-17-58-15-10-41(55)48-45(30-52,31-53)32-54)42(56)9-6-33-28-37(47)40(29-36(33)46)64-44-35(11-27-65-44)43(57)51-13-12-50(34-7-8-34)38-4-2-3-5-39(38)51/h2-5,11,27-29,34,41,48,52-55H,6-10,12-26,30-32H2,1H3. The number of nitrogens with one attached hydrogen (secondary N) is 1. The number of likely N-dealkylation sites (N-methyl/N-ethyl adjacent to an activating group) is 1. The van der Waals surface area contributed by atoms with Gasteiger partial charge in [-0.15, -0.1) is 11.3 Å². The molecule has 5 rings (SSSR count).